The van der Waals surface area contributed by atoms with Crippen molar-refractivity contribution in [1.82, 2.24) is 4.98 Å². The van der Waals surface area contributed by atoms with Crippen LogP contribution < -0.4 is 5.32 Å². The van der Waals surface area contributed by atoms with E-state index in [0.29, 0.717) is 22.1 Å². The zero-order chi connectivity index (χ0) is 16.2. The van der Waals surface area contributed by atoms with Gasteiger partial charge in [-0.05, 0) is 37.3 Å². The molecular weight excluding hydrogens is 310 g/mol. The van der Waals surface area contributed by atoms with E-state index in [1.165, 1.54) is 11.8 Å². The van der Waals surface area contributed by atoms with E-state index in [4.69, 9.17) is 9.68 Å². The Morgan fingerprint density at radius 1 is 1.30 bits per heavy atom. The minimum atomic E-state index is -0.381. The number of nitrogens with zero attached hydrogens (tertiary/aromatic N) is 2. The smallest absolute Gasteiger partial charge is 0.257 e. The fourth-order valence-corrected chi connectivity index (χ4v) is 2.77. The molecule has 5 nitrogen and oxygen atoms in total. The maximum absolute atomic E-state index is 12.2. The molecule has 2 aromatic carbocycles. The van der Waals surface area contributed by atoms with E-state index < -0.39 is 0 Å². The summed E-state index contributed by atoms with van der Waals surface area (Å²) in [6.45, 7) is 1.78. The second kappa shape index (κ2) is 6.55. The van der Waals surface area contributed by atoms with E-state index in [2.05, 4.69) is 10.3 Å². The number of hydrogen-bond donors (Lipinski definition) is 1. The van der Waals surface area contributed by atoms with Crippen molar-refractivity contribution in [2.24, 2.45) is 0 Å². The number of rotatable bonds is 4. The SMILES string of the molecule is C[C@H](Sc1nc2ccccc2o1)C(=O)Nc1cccc(C#N)c1. The van der Waals surface area contributed by atoms with Gasteiger partial charge in [-0.15, -0.1) is 0 Å². The van der Waals surface area contributed by atoms with Crippen molar-refractivity contribution >= 4 is 34.5 Å². The summed E-state index contributed by atoms with van der Waals surface area (Å²) in [4.78, 5) is 16.6. The Labute approximate surface area is 137 Å². The van der Waals surface area contributed by atoms with Gasteiger partial charge in [0.25, 0.3) is 5.22 Å². The Bertz CT molecular complexity index is 865. The van der Waals surface area contributed by atoms with Crippen LogP contribution in [0.3, 0.4) is 0 Å². The molecule has 0 fully saturated rings. The Morgan fingerprint density at radius 2 is 2.13 bits per heavy atom. The molecule has 0 radical (unpaired) electrons. The largest absolute Gasteiger partial charge is 0.431 e. The minimum Gasteiger partial charge on any atom is -0.431 e. The number of para-hydroxylation sites is 2. The molecule has 1 atom stereocenters. The third-order valence-corrected chi connectivity index (χ3v) is 4.12. The number of aromatic nitrogens is 1. The van der Waals surface area contributed by atoms with Gasteiger partial charge in [0.15, 0.2) is 5.58 Å². The molecule has 1 amide bonds. The van der Waals surface area contributed by atoms with E-state index in [-0.39, 0.29) is 11.2 Å². The summed E-state index contributed by atoms with van der Waals surface area (Å²) in [6, 6.07) is 16.3. The lowest BCUT2D eigenvalue weighted by Crippen LogP contribution is -2.22. The molecule has 1 heterocycles. The lowest BCUT2D eigenvalue weighted by molar-refractivity contribution is -0.115. The average Bonchev–Trinajstić information content (AvgIpc) is 2.97. The van der Waals surface area contributed by atoms with Gasteiger partial charge in [0.1, 0.15) is 5.52 Å². The van der Waals surface area contributed by atoms with Crippen LogP contribution in [0.25, 0.3) is 11.1 Å². The second-order valence-electron chi connectivity index (χ2n) is 4.89. The zero-order valence-corrected chi connectivity index (χ0v) is 13.1. The molecule has 114 valence electrons. The van der Waals surface area contributed by atoms with Crippen molar-refractivity contribution in [3.05, 3.63) is 54.1 Å². The van der Waals surface area contributed by atoms with E-state index >= 15 is 0 Å². The first-order valence-corrected chi connectivity index (χ1v) is 7.87. The predicted octanol–water partition coefficient (Wildman–Crippen LogP) is 3.82. The predicted molar refractivity (Wildman–Crippen MR) is 89.1 cm³/mol. The number of amides is 1. The number of benzene rings is 2. The molecule has 0 saturated carbocycles. The molecule has 0 aliphatic heterocycles. The molecule has 1 aromatic heterocycles. The van der Waals surface area contributed by atoms with Crippen LogP contribution in [0.2, 0.25) is 0 Å². The van der Waals surface area contributed by atoms with Gasteiger partial charge in [-0.25, -0.2) is 4.98 Å². The first-order valence-electron chi connectivity index (χ1n) is 6.99. The highest BCUT2D eigenvalue weighted by Crippen LogP contribution is 2.27. The highest BCUT2D eigenvalue weighted by Gasteiger charge is 2.18. The highest BCUT2D eigenvalue weighted by molar-refractivity contribution is 8.00. The normalized spacial score (nSPS) is 11.8. The van der Waals surface area contributed by atoms with Crippen LogP contribution in [0.15, 0.2) is 58.2 Å². The molecule has 0 aliphatic rings. The molecular formula is C17H13N3O2S. The number of carbonyl (C=O) groups is 1. The highest BCUT2D eigenvalue weighted by atomic mass is 32.2. The summed E-state index contributed by atoms with van der Waals surface area (Å²) in [5.41, 5.74) is 2.56. The maximum atomic E-state index is 12.2. The van der Waals surface area contributed by atoms with Gasteiger partial charge in [0, 0.05) is 5.69 Å². The number of fused-ring (bicyclic) bond motifs is 1. The van der Waals surface area contributed by atoms with E-state index in [9.17, 15) is 4.79 Å². The fourth-order valence-electron chi connectivity index (χ4n) is 2.02. The lowest BCUT2D eigenvalue weighted by Gasteiger charge is -2.10. The molecule has 0 spiro atoms. The van der Waals surface area contributed by atoms with Gasteiger partial charge in [-0.1, -0.05) is 30.0 Å². The number of carbonyl (C=O) groups excluding carboxylic acids is 1. The summed E-state index contributed by atoms with van der Waals surface area (Å²) in [7, 11) is 0. The molecule has 0 aliphatic carbocycles. The van der Waals surface area contributed by atoms with E-state index in [1.54, 1.807) is 31.2 Å². The molecule has 23 heavy (non-hydrogen) atoms. The van der Waals surface area contributed by atoms with Crippen LogP contribution in [0.5, 0.6) is 0 Å². The van der Waals surface area contributed by atoms with Crippen LogP contribution in [0.1, 0.15) is 12.5 Å². The summed E-state index contributed by atoms with van der Waals surface area (Å²) >= 11 is 1.25. The van der Waals surface area contributed by atoms with Crippen molar-refractivity contribution in [2.45, 2.75) is 17.4 Å². The quantitative estimate of drug-likeness (QED) is 0.738. The standard InChI is InChI=1S/C17H13N3O2S/c1-11(16(21)19-13-6-4-5-12(9-13)10-18)23-17-20-14-7-2-3-8-15(14)22-17/h2-9,11H,1H3,(H,19,21)/t11-/m0/s1. The van der Waals surface area contributed by atoms with Crippen molar-refractivity contribution in [2.75, 3.05) is 5.32 Å². The Kier molecular flexibility index (Phi) is 4.31. The van der Waals surface area contributed by atoms with Crippen molar-refractivity contribution in [3.8, 4) is 6.07 Å². The van der Waals surface area contributed by atoms with E-state index in [1.807, 2.05) is 30.3 Å². The van der Waals surface area contributed by atoms with Crippen LogP contribution in [-0.2, 0) is 4.79 Å². The first kappa shape index (κ1) is 15.1. The molecule has 0 unspecified atom stereocenters. The van der Waals surface area contributed by atoms with Gasteiger partial charge in [0.05, 0.1) is 16.9 Å². The Morgan fingerprint density at radius 3 is 2.91 bits per heavy atom. The number of nitrogens with one attached hydrogen (secondary N) is 1. The monoisotopic (exact) mass is 323 g/mol. The van der Waals surface area contributed by atoms with Crippen LogP contribution in [-0.4, -0.2) is 16.1 Å². The molecule has 3 aromatic rings. The van der Waals surface area contributed by atoms with Gasteiger partial charge in [-0.2, -0.15) is 5.26 Å². The number of nitriles is 1. The minimum absolute atomic E-state index is 0.174. The maximum Gasteiger partial charge on any atom is 0.257 e. The molecule has 3 rings (SSSR count). The van der Waals surface area contributed by atoms with Gasteiger partial charge < -0.3 is 9.73 Å². The summed E-state index contributed by atoms with van der Waals surface area (Å²) in [5, 5.41) is 11.7. The number of thioether (sulfide) groups is 1. The number of anilines is 1. The van der Waals surface area contributed by atoms with Gasteiger partial charge >= 0.3 is 0 Å². The molecule has 1 N–H and O–H groups in total. The summed E-state index contributed by atoms with van der Waals surface area (Å²) in [6.07, 6.45) is 0. The lowest BCUT2D eigenvalue weighted by atomic mass is 10.2. The van der Waals surface area contributed by atoms with Gasteiger partial charge in [0.2, 0.25) is 5.91 Å². The van der Waals surface area contributed by atoms with Crippen LogP contribution >= 0.6 is 11.8 Å². The molecule has 0 saturated heterocycles. The second-order valence-corrected chi connectivity index (χ2v) is 6.18. The third-order valence-electron chi connectivity index (χ3n) is 3.18. The van der Waals surface area contributed by atoms with Crippen LogP contribution in [0.4, 0.5) is 5.69 Å². The molecule has 0 bridgehead atoms. The third kappa shape index (κ3) is 3.52. The van der Waals surface area contributed by atoms with Crippen molar-refractivity contribution in [3.63, 3.8) is 0 Å². The Hall–Kier alpha value is -2.78. The summed E-state index contributed by atoms with van der Waals surface area (Å²) < 4.78 is 5.60. The van der Waals surface area contributed by atoms with Crippen LogP contribution in [0, 0.1) is 11.3 Å². The topological polar surface area (TPSA) is 78.9 Å². The average molecular weight is 323 g/mol. The zero-order valence-electron chi connectivity index (χ0n) is 12.3. The van der Waals surface area contributed by atoms with Crippen molar-refractivity contribution < 1.29 is 9.21 Å². The van der Waals surface area contributed by atoms with E-state index in [0.717, 1.165) is 5.52 Å². The number of oxazole rings is 1. The van der Waals surface area contributed by atoms with Crippen molar-refractivity contribution in [1.29, 1.82) is 5.26 Å². The molecule has 6 heteroatoms. The number of hydrogen-bond acceptors (Lipinski definition) is 5. The Balaban J connectivity index is 1.68. The van der Waals surface area contributed by atoms with Gasteiger partial charge in [-0.3, -0.25) is 4.79 Å². The summed E-state index contributed by atoms with van der Waals surface area (Å²) in [5.74, 6) is -0.174. The fraction of sp³-hybridized carbons (Fsp3) is 0.118. The first-order chi connectivity index (χ1) is 11.2.